The van der Waals surface area contributed by atoms with Gasteiger partial charge in [-0.1, -0.05) is 44.6 Å². The van der Waals surface area contributed by atoms with Gasteiger partial charge in [-0.3, -0.25) is 0 Å². The molecule has 2 saturated carbocycles. The van der Waals surface area contributed by atoms with Crippen molar-refractivity contribution in [3.8, 4) is 23.0 Å². The van der Waals surface area contributed by atoms with Crippen LogP contribution in [0.1, 0.15) is 69.8 Å². The zero-order chi connectivity index (χ0) is 21.0. The van der Waals surface area contributed by atoms with E-state index in [1.165, 1.54) is 12.8 Å². The minimum atomic E-state index is -1.00. The van der Waals surface area contributed by atoms with Gasteiger partial charge in [-0.2, -0.15) is 0 Å². The predicted octanol–water partition coefficient (Wildman–Crippen LogP) is 6.54. The first-order valence-corrected chi connectivity index (χ1v) is 11.5. The molecule has 0 aromatic heterocycles. The lowest BCUT2D eigenvalue weighted by Crippen LogP contribution is -2.44. The summed E-state index contributed by atoms with van der Waals surface area (Å²) < 4.78 is 11.4. The van der Waals surface area contributed by atoms with Crippen molar-refractivity contribution in [2.75, 3.05) is 7.11 Å². The van der Waals surface area contributed by atoms with Crippen LogP contribution in [0.5, 0.6) is 23.0 Å². The molecule has 0 atom stereocenters. The smallest absolute Gasteiger partial charge is 0.131 e. The molecule has 0 saturated heterocycles. The van der Waals surface area contributed by atoms with E-state index >= 15 is 0 Å². The summed E-state index contributed by atoms with van der Waals surface area (Å²) >= 11 is 0. The molecule has 4 rings (SSSR count). The van der Waals surface area contributed by atoms with E-state index in [1.54, 1.807) is 19.2 Å². The molecule has 0 amide bonds. The first kappa shape index (κ1) is 21.0. The zero-order valence-electron chi connectivity index (χ0n) is 18.0. The molecular weight excluding hydrogens is 376 g/mol. The standard InChI is InChI=1S/C26H34O4/c1-29-21-13-8-14-22(17-21)30-23-15-16-25(27)24(18-23)26(28,19-9-4-2-5-10-19)20-11-6-3-7-12-20/h8,13-20,27-28H,2-7,9-12H2,1H3. The van der Waals surface area contributed by atoms with E-state index in [4.69, 9.17) is 9.47 Å². The van der Waals surface area contributed by atoms with Gasteiger partial charge in [-0.25, -0.2) is 0 Å². The second kappa shape index (κ2) is 9.30. The fourth-order valence-corrected chi connectivity index (χ4v) is 5.56. The molecule has 0 radical (unpaired) electrons. The Morgan fingerprint density at radius 3 is 1.93 bits per heavy atom. The third-order valence-electron chi connectivity index (χ3n) is 7.13. The molecule has 30 heavy (non-hydrogen) atoms. The summed E-state index contributed by atoms with van der Waals surface area (Å²) in [6.45, 7) is 0. The summed E-state index contributed by atoms with van der Waals surface area (Å²) in [6.07, 6.45) is 11.2. The van der Waals surface area contributed by atoms with Crippen molar-refractivity contribution in [3.63, 3.8) is 0 Å². The van der Waals surface area contributed by atoms with E-state index in [2.05, 4.69) is 0 Å². The van der Waals surface area contributed by atoms with Crippen LogP contribution in [0.4, 0.5) is 0 Å². The molecule has 4 heteroatoms. The van der Waals surface area contributed by atoms with Gasteiger partial charge in [0.05, 0.1) is 12.7 Å². The van der Waals surface area contributed by atoms with Crippen LogP contribution in [0.3, 0.4) is 0 Å². The summed E-state index contributed by atoms with van der Waals surface area (Å²) in [6, 6.07) is 12.8. The topological polar surface area (TPSA) is 58.9 Å². The number of phenols is 1. The largest absolute Gasteiger partial charge is 0.508 e. The molecule has 2 aromatic carbocycles. The van der Waals surface area contributed by atoms with E-state index in [0.29, 0.717) is 17.1 Å². The summed E-state index contributed by atoms with van der Waals surface area (Å²) in [5.74, 6) is 2.57. The van der Waals surface area contributed by atoms with E-state index in [-0.39, 0.29) is 17.6 Å². The lowest BCUT2D eigenvalue weighted by Gasteiger charge is -2.46. The summed E-state index contributed by atoms with van der Waals surface area (Å²) in [4.78, 5) is 0. The fourth-order valence-electron chi connectivity index (χ4n) is 5.56. The number of ether oxygens (including phenoxy) is 2. The number of phenolic OH excluding ortho intramolecular Hbond substituents is 1. The average molecular weight is 411 g/mol. The maximum atomic E-state index is 12.3. The first-order valence-electron chi connectivity index (χ1n) is 11.5. The average Bonchev–Trinajstić information content (AvgIpc) is 2.81. The number of methoxy groups -OCH3 is 1. The summed E-state index contributed by atoms with van der Waals surface area (Å²) in [5.41, 5.74) is -0.361. The van der Waals surface area contributed by atoms with Crippen LogP contribution in [0.25, 0.3) is 0 Å². The Bertz CT molecular complexity index is 817. The quantitative estimate of drug-likeness (QED) is 0.567. The summed E-state index contributed by atoms with van der Waals surface area (Å²) in [7, 11) is 1.63. The second-order valence-corrected chi connectivity index (χ2v) is 8.96. The van der Waals surface area contributed by atoms with Crippen LogP contribution < -0.4 is 9.47 Å². The van der Waals surface area contributed by atoms with Crippen molar-refractivity contribution in [3.05, 3.63) is 48.0 Å². The molecule has 0 heterocycles. The highest BCUT2D eigenvalue weighted by Gasteiger charge is 2.47. The highest BCUT2D eigenvalue weighted by molar-refractivity contribution is 5.46. The zero-order valence-corrected chi connectivity index (χ0v) is 18.0. The SMILES string of the molecule is COc1cccc(Oc2ccc(O)c(C(O)(C3CCCCC3)C3CCCCC3)c2)c1. The number of rotatable bonds is 6. The van der Waals surface area contributed by atoms with Crippen molar-refractivity contribution in [1.82, 2.24) is 0 Å². The van der Waals surface area contributed by atoms with Crippen molar-refractivity contribution in [1.29, 1.82) is 0 Å². The highest BCUT2D eigenvalue weighted by Crippen LogP contribution is 2.51. The van der Waals surface area contributed by atoms with Crippen LogP contribution in [0, 0.1) is 11.8 Å². The molecule has 0 aliphatic heterocycles. The molecule has 2 aliphatic rings. The Morgan fingerprint density at radius 2 is 1.33 bits per heavy atom. The first-order chi connectivity index (χ1) is 14.6. The van der Waals surface area contributed by atoms with Crippen LogP contribution in [0.15, 0.2) is 42.5 Å². The Balaban J connectivity index is 1.69. The van der Waals surface area contributed by atoms with Crippen LogP contribution in [-0.2, 0) is 5.60 Å². The van der Waals surface area contributed by atoms with Gasteiger partial charge in [0.1, 0.15) is 23.0 Å². The highest BCUT2D eigenvalue weighted by atomic mass is 16.5. The summed E-state index contributed by atoms with van der Waals surface area (Å²) in [5, 5.41) is 23.1. The van der Waals surface area contributed by atoms with Crippen LogP contribution in [-0.4, -0.2) is 17.3 Å². The predicted molar refractivity (Wildman–Crippen MR) is 118 cm³/mol. The maximum Gasteiger partial charge on any atom is 0.131 e. The normalized spacial score (nSPS) is 18.9. The number of benzene rings is 2. The van der Waals surface area contributed by atoms with Gasteiger partial charge < -0.3 is 19.7 Å². The van der Waals surface area contributed by atoms with Crippen molar-refractivity contribution >= 4 is 0 Å². The van der Waals surface area contributed by atoms with Gasteiger partial charge >= 0.3 is 0 Å². The van der Waals surface area contributed by atoms with Crippen molar-refractivity contribution in [2.24, 2.45) is 11.8 Å². The van der Waals surface area contributed by atoms with Gasteiger partial charge in [0.25, 0.3) is 0 Å². The lowest BCUT2D eigenvalue weighted by atomic mass is 9.63. The molecule has 2 N–H and O–H groups in total. The molecule has 0 spiro atoms. The van der Waals surface area contributed by atoms with Gasteiger partial charge in [-0.15, -0.1) is 0 Å². The molecule has 4 nitrogen and oxygen atoms in total. The van der Waals surface area contributed by atoms with Gasteiger partial charge in [-0.05, 0) is 67.9 Å². The number of aliphatic hydroxyl groups is 1. The van der Waals surface area contributed by atoms with E-state index in [9.17, 15) is 10.2 Å². The third-order valence-corrected chi connectivity index (χ3v) is 7.13. The minimum absolute atomic E-state index is 0.173. The van der Waals surface area contributed by atoms with Crippen LogP contribution in [0.2, 0.25) is 0 Å². The van der Waals surface area contributed by atoms with Gasteiger partial charge in [0.2, 0.25) is 0 Å². The second-order valence-electron chi connectivity index (χ2n) is 8.96. The third kappa shape index (κ3) is 4.29. The molecule has 162 valence electrons. The lowest BCUT2D eigenvalue weighted by molar-refractivity contribution is -0.100. The Hall–Kier alpha value is -2.20. The molecule has 0 unspecified atom stereocenters. The van der Waals surface area contributed by atoms with Gasteiger partial charge in [0.15, 0.2) is 0 Å². The fraction of sp³-hybridized carbons (Fsp3) is 0.538. The Labute approximate surface area is 179 Å². The van der Waals surface area contributed by atoms with Gasteiger partial charge in [0, 0.05) is 11.6 Å². The Kier molecular flexibility index (Phi) is 6.52. The Morgan fingerprint density at radius 1 is 0.767 bits per heavy atom. The van der Waals surface area contributed by atoms with E-state index < -0.39 is 5.60 Å². The van der Waals surface area contributed by atoms with Crippen molar-refractivity contribution < 1.29 is 19.7 Å². The molecule has 2 fully saturated rings. The van der Waals surface area contributed by atoms with E-state index in [1.807, 2.05) is 30.3 Å². The number of aromatic hydroxyl groups is 1. The number of hydrogen-bond donors (Lipinski definition) is 2. The minimum Gasteiger partial charge on any atom is -0.508 e. The monoisotopic (exact) mass is 410 g/mol. The molecular formula is C26H34O4. The van der Waals surface area contributed by atoms with Crippen molar-refractivity contribution in [2.45, 2.75) is 69.8 Å². The molecule has 0 bridgehead atoms. The van der Waals surface area contributed by atoms with Crippen LogP contribution >= 0.6 is 0 Å². The molecule has 2 aromatic rings. The maximum absolute atomic E-state index is 12.3. The number of hydrogen-bond acceptors (Lipinski definition) is 4. The molecule has 2 aliphatic carbocycles. The van der Waals surface area contributed by atoms with E-state index in [0.717, 1.165) is 57.1 Å².